The highest BCUT2D eigenvalue weighted by molar-refractivity contribution is 5.42. The van der Waals surface area contributed by atoms with Gasteiger partial charge in [0.05, 0.1) is 14.2 Å². The van der Waals surface area contributed by atoms with E-state index in [0.29, 0.717) is 6.04 Å². The van der Waals surface area contributed by atoms with Crippen LogP contribution in [0.15, 0.2) is 18.2 Å². The number of benzene rings is 1. The Labute approximate surface area is 116 Å². The molecule has 0 aliphatic carbocycles. The Kier molecular flexibility index (Phi) is 6.50. The van der Waals surface area contributed by atoms with Crippen LogP contribution < -0.4 is 19.5 Å². The van der Waals surface area contributed by atoms with E-state index in [0.717, 1.165) is 30.2 Å². The molecule has 0 aromatic heterocycles. The molecule has 0 amide bonds. The second-order valence-corrected chi connectivity index (χ2v) is 4.69. The summed E-state index contributed by atoms with van der Waals surface area (Å²) in [6, 6.07) is 6.06. The molecule has 0 radical (unpaired) electrons. The van der Waals surface area contributed by atoms with E-state index in [4.69, 9.17) is 14.2 Å². The molecule has 4 nitrogen and oxygen atoms in total. The maximum atomic E-state index is 5.87. The van der Waals surface area contributed by atoms with Crippen molar-refractivity contribution in [2.24, 2.45) is 0 Å². The predicted octanol–water partition coefficient (Wildman–Crippen LogP) is 2.86. The molecule has 0 spiro atoms. The van der Waals surface area contributed by atoms with Crippen molar-refractivity contribution in [3.8, 4) is 17.2 Å². The summed E-state index contributed by atoms with van der Waals surface area (Å²) in [5.41, 5.74) is 0. The first-order valence-corrected chi connectivity index (χ1v) is 6.72. The Balaban J connectivity index is 2.60. The van der Waals surface area contributed by atoms with E-state index in [1.54, 1.807) is 14.2 Å². The van der Waals surface area contributed by atoms with Gasteiger partial charge in [-0.15, -0.1) is 0 Å². The van der Waals surface area contributed by atoms with Crippen LogP contribution in [-0.2, 0) is 0 Å². The smallest absolute Gasteiger partial charge is 0.127 e. The quantitative estimate of drug-likeness (QED) is 0.786. The molecule has 4 heteroatoms. The van der Waals surface area contributed by atoms with E-state index >= 15 is 0 Å². The van der Waals surface area contributed by atoms with Gasteiger partial charge in [0.25, 0.3) is 0 Å². The van der Waals surface area contributed by atoms with Gasteiger partial charge in [0.1, 0.15) is 23.4 Å². The maximum absolute atomic E-state index is 5.87. The van der Waals surface area contributed by atoms with E-state index in [1.807, 2.05) is 25.1 Å². The standard InChI is InChI=1S/C15H25NO3/c1-6-11(2)16-10-12(3)19-15-8-13(17-4)7-14(9-15)18-5/h7-9,11-12,16H,6,10H2,1-5H3. The molecular weight excluding hydrogens is 242 g/mol. The second-order valence-electron chi connectivity index (χ2n) is 4.69. The molecule has 1 N–H and O–H groups in total. The highest BCUT2D eigenvalue weighted by Crippen LogP contribution is 2.27. The van der Waals surface area contributed by atoms with Crippen molar-refractivity contribution in [1.29, 1.82) is 0 Å². The molecule has 0 fully saturated rings. The van der Waals surface area contributed by atoms with Crippen LogP contribution in [0, 0.1) is 0 Å². The molecular formula is C15H25NO3. The average molecular weight is 267 g/mol. The first-order chi connectivity index (χ1) is 9.08. The number of rotatable bonds is 8. The van der Waals surface area contributed by atoms with Gasteiger partial charge in [-0.1, -0.05) is 6.92 Å². The summed E-state index contributed by atoms with van der Waals surface area (Å²) in [4.78, 5) is 0. The van der Waals surface area contributed by atoms with Crippen molar-refractivity contribution in [1.82, 2.24) is 5.32 Å². The second kappa shape index (κ2) is 7.89. The molecule has 2 atom stereocenters. The molecule has 1 rings (SSSR count). The summed E-state index contributed by atoms with van der Waals surface area (Å²) in [6.45, 7) is 7.19. The van der Waals surface area contributed by atoms with E-state index < -0.39 is 0 Å². The van der Waals surface area contributed by atoms with E-state index in [9.17, 15) is 0 Å². The Morgan fingerprint density at radius 1 is 1.00 bits per heavy atom. The Hall–Kier alpha value is -1.42. The molecule has 1 aromatic rings. The van der Waals surface area contributed by atoms with Crippen molar-refractivity contribution in [3.05, 3.63) is 18.2 Å². The van der Waals surface area contributed by atoms with Gasteiger partial charge >= 0.3 is 0 Å². The average Bonchev–Trinajstić information content (AvgIpc) is 2.44. The molecule has 2 unspecified atom stereocenters. The minimum Gasteiger partial charge on any atom is -0.496 e. The molecule has 19 heavy (non-hydrogen) atoms. The summed E-state index contributed by atoms with van der Waals surface area (Å²) in [7, 11) is 3.26. The van der Waals surface area contributed by atoms with Crippen molar-refractivity contribution in [3.63, 3.8) is 0 Å². The van der Waals surface area contributed by atoms with Crippen LogP contribution in [0.3, 0.4) is 0 Å². The third kappa shape index (κ3) is 5.39. The summed E-state index contributed by atoms with van der Waals surface area (Å²) in [6.07, 6.45) is 1.20. The highest BCUT2D eigenvalue weighted by Gasteiger charge is 2.08. The Morgan fingerprint density at radius 3 is 2.00 bits per heavy atom. The van der Waals surface area contributed by atoms with Gasteiger partial charge in [0.2, 0.25) is 0 Å². The number of hydrogen-bond acceptors (Lipinski definition) is 4. The minimum atomic E-state index is 0.0887. The predicted molar refractivity (Wildman–Crippen MR) is 77.4 cm³/mol. The van der Waals surface area contributed by atoms with Crippen molar-refractivity contribution in [2.45, 2.75) is 39.3 Å². The molecule has 0 aliphatic heterocycles. The van der Waals surface area contributed by atoms with Crippen molar-refractivity contribution >= 4 is 0 Å². The number of methoxy groups -OCH3 is 2. The first-order valence-electron chi connectivity index (χ1n) is 6.72. The van der Waals surface area contributed by atoms with E-state index in [2.05, 4.69) is 19.2 Å². The van der Waals surface area contributed by atoms with Crippen molar-refractivity contribution in [2.75, 3.05) is 20.8 Å². The van der Waals surface area contributed by atoms with Crippen LogP contribution in [0.25, 0.3) is 0 Å². The molecule has 0 bridgehead atoms. The van der Waals surface area contributed by atoms with Gasteiger partial charge < -0.3 is 19.5 Å². The summed E-state index contributed by atoms with van der Waals surface area (Å²) in [5.74, 6) is 2.22. The lowest BCUT2D eigenvalue weighted by Gasteiger charge is -2.19. The number of ether oxygens (including phenoxy) is 3. The van der Waals surface area contributed by atoms with Crippen LogP contribution in [0.4, 0.5) is 0 Å². The zero-order chi connectivity index (χ0) is 14.3. The van der Waals surface area contributed by atoms with E-state index in [1.165, 1.54) is 0 Å². The Bertz CT molecular complexity index is 359. The number of nitrogens with one attached hydrogen (secondary N) is 1. The lowest BCUT2D eigenvalue weighted by Crippen LogP contribution is -2.34. The van der Waals surface area contributed by atoms with Crippen LogP contribution in [0.1, 0.15) is 27.2 Å². The van der Waals surface area contributed by atoms with Gasteiger partial charge in [-0.25, -0.2) is 0 Å². The zero-order valence-corrected chi connectivity index (χ0v) is 12.5. The molecule has 0 saturated carbocycles. The molecule has 0 aliphatic rings. The van der Waals surface area contributed by atoms with Crippen LogP contribution >= 0.6 is 0 Å². The van der Waals surface area contributed by atoms with Gasteiger partial charge in [-0.3, -0.25) is 0 Å². The fourth-order valence-corrected chi connectivity index (χ4v) is 1.63. The summed E-state index contributed by atoms with van der Waals surface area (Å²) in [5, 5.41) is 3.42. The van der Waals surface area contributed by atoms with E-state index in [-0.39, 0.29) is 6.10 Å². The zero-order valence-electron chi connectivity index (χ0n) is 12.5. The first kappa shape index (κ1) is 15.6. The van der Waals surface area contributed by atoms with Crippen LogP contribution in [0.5, 0.6) is 17.2 Å². The summed E-state index contributed by atoms with van der Waals surface area (Å²) >= 11 is 0. The fraction of sp³-hybridized carbons (Fsp3) is 0.600. The maximum Gasteiger partial charge on any atom is 0.127 e. The third-order valence-corrected chi connectivity index (χ3v) is 3.03. The fourth-order valence-electron chi connectivity index (χ4n) is 1.63. The molecule has 0 heterocycles. The number of hydrogen-bond donors (Lipinski definition) is 1. The Morgan fingerprint density at radius 2 is 1.53 bits per heavy atom. The molecule has 1 aromatic carbocycles. The topological polar surface area (TPSA) is 39.7 Å². The highest BCUT2D eigenvalue weighted by atomic mass is 16.5. The SMILES string of the molecule is CCC(C)NCC(C)Oc1cc(OC)cc(OC)c1. The lowest BCUT2D eigenvalue weighted by molar-refractivity contribution is 0.210. The monoisotopic (exact) mass is 267 g/mol. The van der Waals surface area contributed by atoms with Gasteiger partial charge in [-0.05, 0) is 20.3 Å². The van der Waals surface area contributed by atoms with Gasteiger partial charge in [0.15, 0.2) is 0 Å². The normalized spacial score (nSPS) is 13.7. The molecule has 0 saturated heterocycles. The third-order valence-electron chi connectivity index (χ3n) is 3.03. The van der Waals surface area contributed by atoms with Crippen LogP contribution in [0.2, 0.25) is 0 Å². The lowest BCUT2D eigenvalue weighted by atomic mass is 10.2. The van der Waals surface area contributed by atoms with Gasteiger partial charge in [0, 0.05) is 30.8 Å². The largest absolute Gasteiger partial charge is 0.496 e. The van der Waals surface area contributed by atoms with Crippen molar-refractivity contribution < 1.29 is 14.2 Å². The molecule has 108 valence electrons. The van der Waals surface area contributed by atoms with Crippen LogP contribution in [-0.4, -0.2) is 32.9 Å². The van der Waals surface area contributed by atoms with Gasteiger partial charge in [-0.2, -0.15) is 0 Å². The minimum absolute atomic E-state index is 0.0887. The summed E-state index contributed by atoms with van der Waals surface area (Å²) < 4.78 is 16.3.